The van der Waals surface area contributed by atoms with Crippen molar-refractivity contribution in [1.29, 1.82) is 0 Å². The molecule has 8 aromatic rings. The van der Waals surface area contributed by atoms with Gasteiger partial charge in [0.15, 0.2) is 0 Å². The van der Waals surface area contributed by atoms with Crippen LogP contribution in [0.3, 0.4) is 0 Å². The van der Waals surface area contributed by atoms with Crippen LogP contribution in [0.15, 0.2) is 128 Å². The summed E-state index contributed by atoms with van der Waals surface area (Å²) in [5, 5.41) is 7.16. The molecule has 0 fully saturated rings. The van der Waals surface area contributed by atoms with Crippen LogP contribution in [0, 0.1) is 18.1 Å². The van der Waals surface area contributed by atoms with Crippen molar-refractivity contribution in [3.63, 3.8) is 0 Å². The first-order chi connectivity index (χ1) is 22.6. The van der Waals surface area contributed by atoms with Gasteiger partial charge in [0.1, 0.15) is 5.52 Å². The van der Waals surface area contributed by atoms with Gasteiger partial charge in [0.25, 0.3) is 0 Å². The largest absolute Gasteiger partial charge is 0.302 e. The molecule has 0 aliphatic heterocycles. The van der Waals surface area contributed by atoms with E-state index in [1.54, 1.807) is 0 Å². The molecule has 3 heteroatoms. The van der Waals surface area contributed by atoms with Crippen molar-refractivity contribution < 1.29 is 0 Å². The van der Waals surface area contributed by atoms with Gasteiger partial charge in [0.2, 0.25) is 0 Å². The van der Waals surface area contributed by atoms with Gasteiger partial charge in [-0.05, 0) is 75.2 Å². The second kappa shape index (κ2) is 9.16. The molecule has 3 nitrogen and oxygen atoms in total. The Kier molecular flexibility index (Phi) is 5.09. The molecule has 0 amide bonds. The summed E-state index contributed by atoms with van der Waals surface area (Å²) in [5.74, 6) is 0.626. The molecule has 0 N–H and O–H groups in total. The molecule has 2 unspecified atom stereocenters. The third kappa shape index (κ3) is 3.39. The van der Waals surface area contributed by atoms with E-state index in [0.717, 1.165) is 38.6 Å². The van der Waals surface area contributed by atoms with Gasteiger partial charge in [-0.25, -0.2) is 4.98 Å². The van der Waals surface area contributed by atoms with E-state index in [2.05, 4.69) is 146 Å². The van der Waals surface area contributed by atoms with Gasteiger partial charge in [-0.3, -0.25) is 4.98 Å². The predicted molar refractivity (Wildman–Crippen MR) is 189 cm³/mol. The summed E-state index contributed by atoms with van der Waals surface area (Å²) in [6.07, 6.45) is 9.06. The minimum Gasteiger partial charge on any atom is -0.302 e. The van der Waals surface area contributed by atoms with E-state index in [1.807, 2.05) is 12.3 Å². The van der Waals surface area contributed by atoms with E-state index in [1.165, 1.54) is 43.9 Å². The molecule has 2 aliphatic carbocycles. The van der Waals surface area contributed by atoms with E-state index >= 15 is 0 Å². The summed E-state index contributed by atoms with van der Waals surface area (Å²) < 4.78 is 2.34. The first kappa shape index (κ1) is 25.6. The quantitative estimate of drug-likeness (QED) is 0.188. The van der Waals surface area contributed by atoms with Crippen LogP contribution in [-0.4, -0.2) is 14.5 Å². The first-order valence-electron chi connectivity index (χ1n) is 16.0. The lowest BCUT2D eigenvalue weighted by Gasteiger charge is -2.31. The van der Waals surface area contributed by atoms with Crippen molar-refractivity contribution in [2.24, 2.45) is 5.92 Å². The standard InChI is InChI=1S/C43H29N3/c1-43(2)36-23-26(38-25-44-41-34-15-5-3-11-28(34)29-12-4-6-16-35(29)42(41)45-38)19-21-30(36)31-22-20-27(24-37(31)43)46-39-17-9-7-13-32(39)33-14-8-10-18-40(33)46/h3-9,11-17,19-25,30,36H,1-2H3. The summed E-state index contributed by atoms with van der Waals surface area (Å²) in [5.41, 5.74) is 10.1. The minimum atomic E-state index is -0.0756. The molecule has 0 saturated carbocycles. The molecule has 0 spiro atoms. The average molecular weight is 588 g/mol. The van der Waals surface area contributed by atoms with Crippen molar-refractivity contribution in [3.8, 4) is 5.69 Å². The molecule has 0 saturated heterocycles. The summed E-state index contributed by atoms with van der Waals surface area (Å²) in [6.45, 7) is 4.79. The minimum absolute atomic E-state index is 0.0756. The second-order valence-corrected chi connectivity index (χ2v) is 13.3. The van der Waals surface area contributed by atoms with Crippen LogP contribution in [0.25, 0.3) is 65.6 Å². The van der Waals surface area contributed by atoms with Gasteiger partial charge in [0, 0.05) is 33.2 Å². The maximum atomic E-state index is 5.30. The summed E-state index contributed by atoms with van der Waals surface area (Å²) >= 11 is 0. The number of rotatable bonds is 2. The Morgan fingerprint density at radius 2 is 1.46 bits per heavy atom. The Labute approximate surface area is 267 Å². The zero-order chi connectivity index (χ0) is 30.6. The first-order valence-corrected chi connectivity index (χ1v) is 16.0. The Balaban J connectivity index is 1.10. The molecule has 2 heterocycles. The van der Waals surface area contributed by atoms with Gasteiger partial charge < -0.3 is 4.57 Å². The molecule has 6 aromatic carbocycles. The van der Waals surface area contributed by atoms with Crippen LogP contribution in [0.4, 0.5) is 0 Å². The van der Waals surface area contributed by atoms with Gasteiger partial charge >= 0.3 is 0 Å². The highest BCUT2D eigenvalue weighted by atomic mass is 15.0. The lowest BCUT2D eigenvalue weighted by atomic mass is 9.73. The van der Waals surface area contributed by atoms with Crippen molar-refractivity contribution in [2.75, 3.05) is 0 Å². The highest BCUT2D eigenvalue weighted by molar-refractivity contribution is 6.23. The Bertz CT molecular complexity index is 2550. The molecular weight excluding hydrogens is 558 g/mol. The SMILES string of the molecule is CC1(C)c2cc(-n3c4c#cccc4c4ccccc43)ccc2C2C=CC(c3cnc4c5ccccc5c5ccccc5c4n3)=CC21. The maximum Gasteiger partial charge on any atom is 0.105 e. The van der Waals surface area contributed by atoms with Crippen LogP contribution in [-0.2, 0) is 5.41 Å². The summed E-state index contributed by atoms with van der Waals surface area (Å²) in [6, 6.07) is 43.5. The highest BCUT2D eigenvalue weighted by Crippen LogP contribution is 2.54. The molecular formula is C43H29N3. The molecule has 10 rings (SSSR count). The van der Waals surface area contributed by atoms with Gasteiger partial charge in [-0.15, -0.1) is 0 Å². The lowest BCUT2D eigenvalue weighted by molar-refractivity contribution is 0.395. The van der Waals surface area contributed by atoms with Crippen LogP contribution in [0.2, 0.25) is 0 Å². The fourth-order valence-electron chi connectivity index (χ4n) is 8.34. The number of hydrogen-bond acceptors (Lipinski definition) is 2. The smallest absolute Gasteiger partial charge is 0.105 e. The number of benzene rings is 5. The maximum absolute atomic E-state index is 5.30. The van der Waals surface area contributed by atoms with E-state index < -0.39 is 0 Å². The number of nitrogens with zero attached hydrogens (tertiary/aromatic N) is 3. The molecule has 2 aliphatic rings. The molecule has 2 aromatic heterocycles. The Hall–Kier alpha value is -5.72. The summed E-state index contributed by atoms with van der Waals surface area (Å²) in [4.78, 5) is 10.3. The van der Waals surface area contributed by atoms with E-state index in [9.17, 15) is 0 Å². The van der Waals surface area contributed by atoms with Crippen molar-refractivity contribution in [2.45, 2.75) is 25.2 Å². The Morgan fingerprint density at radius 1 is 0.739 bits per heavy atom. The molecule has 0 bridgehead atoms. The molecule has 46 heavy (non-hydrogen) atoms. The normalized spacial score (nSPS) is 18.3. The van der Waals surface area contributed by atoms with Crippen molar-refractivity contribution in [3.05, 3.63) is 157 Å². The van der Waals surface area contributed by atoms with E-state index in [-0.39, 0.29) is 5.41 Å². The third-order valence-corrected chi connectivity index (χ3v) is 10.6. The Morgan fingerprint density at radius 3 is 2.26 bits per heavy atom. The summed E-state index contributed by atoms with van der Waals surface area (Å²) in [7, 11) is 0. The molecule has 0 radical (unpaired) electrons. The third-order valence-electron chi connectivity index (χ3n) is 10.6. The van der Waals surface area contributed by atoms with Crippen LogP contribution >= 0.6 is 0 Å². The average Bonchev–Trinajstić information content (AvgIpc) is 3.56. The van der Waals surface area contributed by atoms with Crippen molar-refractivity contribution in [1.82, 2.24) is 14.5 Å². The number of aromatic nitrogens is 3. The highest BCUT2D eigenvalue weighted by Gasteiger charge is 2.45. The van der Waals surface area contributed by atoms with Gasteiger partial charge in [0.05, 0.1) is 28.4 Å². The fraction of sp³-hybridized carbons (Fsp3) is 0.116. The van der Waals surface area contributed by atoms with Crippen molar-refractivity contribution >= 4 is 60.0 Å². The molecule has 2 atom stereocenters. The van der Waals surface area contributed by atoms with Crippen LogP contribution < -0.4 is 0 Å². The van der Waals surface area contributed by atoms with E-state index in [4.69, 9.17) is 9.97 Å². The predicted octanol–water partition coefficient (Wildman–Crippen LogP) is 10.3. The number of hydrogen-bond donors (Lipinski definition) is 0. The fourth-order valence-corrected chi connectivity index (χ4v) is 8.34. The zero-order valence-corrected chi connectivity index (χ0v) is 25.6. The van der Waals surface area contributed by atoms with Gasteiger partial charge in [-0.2, -0.15) is 0 Å². The number of fused-ring (bicyclic) bond motifs is 12. The number of allylic oxidation sites excluding steroid dienone is 4. The van der Waals surface area contributed by atoms with E-state index in [0.29, 0.717) is 11.8 Å². The monoisotopic (exact) mass is 587 g/mol. The topological polar surface area (TPSA) is 30.7 Å². The second-order valence-electron chi connectivity index (χ2n) is 13.3. The van der Waals surface area contributed by atoms with Gasteiger partial charge in [-0.1, -0.05) is 111 Å². The zero-order valence-electron chi connectivity index (χ0n) is 25.6. The van der Waals surface area contributed by atoms with Crippen LogP contribution in [0.1, 0.15) is 36.6 Å². The molecule has 216 valence electrons. The lowest BCUT2D eigenvalue weighted by Crippen LogP contribution is -2.25. The number of para-hydroxylation sites is 1. The van der Waals surface area contributed by atoms with Crippen LogP contribution in [0.5, 0.6) is 0 Å².